The van der Waals surface area contributed by atoms with Crippen molar-refractivity contribution in [3.8, 4) is 0 Å². The van der Waals surface area contributed by atoms with Crippen molar-refractivity contribution in [3.05, 3.63) is 68.7 Å². The molecule has 2 nitrogen and oxygen atoms in total. The molecule has 0 heterocycles. The number of carbonyl (C=O) groups excluding carboxylic acids is 1. The second-order valence-corrected chi connectivity index (χ2v) is 5.60. The number of nitrogens with one attached hydrogen (secondary N) is 1. The fraction of sp³-hybridized carbons (Fsp3) is 0.133. The van der Waals surface area contributed by atoms with Crippen LogP contribution < -0.4 is 5.32 Å². The molecule has 104 valence electrons. The fourth-order valence-electron chi connectivity index (χ4n) is 1.71. The van der Waals surface area contributed by atoms with E-state index < -0.39 is 0 Å². The number of halogens is 3. The first-order valence-corrected chi connectivity index (χ1v) is 7.13. The highest BCUT2D eigenvalue weighted by Crippen LogP contribution is 2.20. The lowest BCUT2D eigenvalue weighted by molar-refractivity contribution is -0.120. The van der Waals surface area contributed by atoms with Gasteiger partial charge in [-0.05, 0) is 35.4 Å². The average Bonchev–Trinajstić information content (AvgIpc) is 2.40. The quantitative estimate of drug-likeness (QED) is 0.879. The van der Waals surface area contributed by atoms with Gasteiger partial charge in [0.05, 0.1) is 6.42 Å². The lowest BCUT2D eigenvalue weighted by Crippen LogP contribution is -2.24. The van der Waals surface area contributed by atoms with Crippen molar-refractivity contribution in [2.24, 2.45) is 0 Å². The highest BCUT2D eigenvalue weighted by atomic mass is 35.5. The second kappa shape index (κ2) is 6.98. The first-order chi connectivity index (χ1) is 9.54. The Morgan fingerprint density at radius 2 is 1.60 bits per heavy atom. The lowest BCUT2D eigenvalue weighted by Gasteiger charge is -2.07. The molecule has 0 spiro atoms. The van der Waals surface area contributed by atoms with E-state index >= 15 is 0 Å². The summed E-state index contributed by atoms with van der Waals surface area (Å²) in [5, 5.41) is 4.60. The molecule has 20 heavy (non-hydrogen) atoms. The Balaban J connectivity index is 1.90. The number of hydrogen-bond donors (Lipinski definition) is 1. The van der Waals surface area contributed by atoms with E-state index in [0.717, 1.165) is 11.1 Å². The van der Waals surface area contributed by atoms with Crippen LogP contribution in [-0.4, -0.2) is 5.91 Å². The van der Waals surface area contributed by atoms with E-state index in [4.69, 9.17) is 34.8 Å². The molecule has 0 aromatic heterocycles. The van der Waals surface area contributed by atoms with Gasteiger partial charge in [0.25, 0.3) is 0 Å². The largest absolute Gasteiger partial charge is 0.352 e. The topological polar surface area (TPSA) is 29.1 Å². The van der Waals surface area contributed by atoms with Gasteiger partial charge in [-0.3, -0.25) is 4.79 Å². The van der Waals surface area contributed by atoms with Crippen LogP contribution in [0.1, 0.15) is 11.1 Å². The zero-order chi connectivity index (χ0) is 14.5. The van der Waals surface area contributed by atoms with Gasteiger partial charge in [-0.25, -0.2) is 0 Å². The third-order valence-electron chi connectivity index (χ3n) is 2.77. The third kappa shape index (κ3) is 4.41. The molecule has 5 heteroatoms. The highest BCUT2D eigenvalue weighted by molar-refractivity contribution is 6.35. The highest BCUT2D eigenvalue weighted by Gasteiger charge is 2.06. The van der Waals surface area contributed by atoms with E-state index in [1.54, 1.807) is 30.3 Å². The Labute approximate surface area is 132 Å². The van der Waals surface area contributed by atoms with Gasteiger partial charge in [0.1, 0.15) is 0 Å². The first-order valence-electron chi connectivity index (χ1n) is 5.99. The zero-order valence-electron chi connectivity index (χ0n) is 10.5. The smallest absolute Gasteiger partial charge is 0.224 e. The molecule has 0 atom stereocenters. The van der Waals surface area contributed by atoms with Gasteiger partial charge in [-0.15, -0.1) is 0 Å². The second-order valence-electron chi connectivity index (χ2n) is 4.32. The Morgan fingerprint density at radius 3 is 2.25 bits per heavy atom. The van der Waals surface area contributed by atoms with Crippen LogP contribution in [0, 0.1) is 0 Å². The predicted octanol–water partition coefficient (Wildman–Crippen LogP) is 4.51. The third-order valence-corrected chi connectivity index (χ3v) is 3.61. The van der Waals surface area contributed by atoms with Gasteiger partial charge in [-0.1, -0.05) is 53.0 Å². The molecule has 2 aromatic rings. The molecule has 0 saturated heterocycles. The summed E-state index contributed by atoms with van der Waals surface area (Å²) in [7, 11) is 0. The molecule has 0 aliphatic carbocycles. The van der Waals surface area contributed by atoms with Gasteiger partial charge in [0.15, 0.2) is 0 Å². The fourth-order valence-corrected chi connectivity index (χ4v) is 2.31. The minimum absolute atomic E-state index is 0.0710. The van der Waals surface area contributed by atoms with Crippen LogP contribution >= 0.6 is 34.8 Å². The molecule has 1 amide bonds. The van der Waals surface area contributed by atoms with E-state index in [9.17, 15) is 4.79 Å². The first kappa shape index (κ1) is 15.2. The van der Waals surface area contributed by atoms with E-state index in [1.165, 1.54) is 0 Å². The Hall–Kier alpha value is -1.22. The van der Waals surface area contributed by atoms with E-state index in [2.05, 4.69) is 5.32 Å². The minimum Gasteiger partial charge on any atom is -0.352 e. The molecule has 0 radical (unpaired) electrons. The zero-order valence-corrected chi connectivity index (χ0v) is 12.8. The maximum Gasteiger partial charge on any atom is 0.224 e. The number of rotatable bonds is 4. The number of hydrogen-bond acceptors (Lipinski definition) is 1. The van der Waals surface area contributed by atoms with E-state index in [-0.39, 0.29) is 5.91 Å². The summed E-state index contributed by atoms with van der Waals surface area (Å²) in [6.07, 6.45) is 0.308. The molecule has 0 unspecified atom stereocenters. The van der Waals surface area contributed by atoms with Crippen LogP contribution in [0.5, 0.6) is 0 Å². The summed E-state index contributed by atoms with van der Waals surface area (Å²) in [4.78, 5) is 11.8. The van der Waals surface area contributed by atoms with Crippen LogP contribution in [0.2, 0.25) is 15.1 Å². The molecule has 0 aliphatic rings. The van der Waals surface area contributed by atoms with Crippen molar-refractivity contribution in [1.82, 2.24) is 5.32 Å². The van der Waals surface area contributed by atoms with Crippen molar-refractivity contribution in [1.29, 1.82) is 0 Å². The number of benzene rings is 2. The average molecular weight is 329 g/mol. The molecule has 0 bridgehead atoms. The SMILES string of the molecule is O=C(Cc1ccc(Cl)cc1)NCc1ccc(Cl)cc1Cl. The van der Waals surface area contributed by atoms with Crippen LogP contribution in [0.15, 0.2) is 42.5 Å². The maximum atomic E-state index is 11.8. The van der Waals surface area contributed by atoms with Crippen LogP contribution in [0.3, 0.4) is 0 Å². The van der Waals surface area contributed by atoms with Gasteiger partial charge < -0.3 is 5.32 Å². The summed E-state index contributed by atoms with van der Waals surface area (Å²) in [6, 6.07) is 12.4. The number of amides is 1. The van der Waals surface area contributed by atoms with E-state index in [0.29, 0.717) is 28.0 Å². The van der Waals surface area contributed by atoms with Gasteiger partial charge >= 0.3 is 0 Å². The Bertz CT molecular complexity index is 611. The van der Waals surface area contributed by atoms with E-state index in [1.807, 2.05) is 12.1 Å². The van der Waals surface area contributed by atoms with Gasteiger partial charge in [0, 0.05) is 21.6 Å². The molecule has 0 saturated carbocycles. The van der Waals surface area contributed by atoms with Crippen LogP contribution in [-0.2, 0) is 17.8 Å². The molecule has 0 aliphatic heterocycles. The molecule has 2 aromatic carbocycles. The van der Waals surface area contributed by atoms with Crippen molar-refractivity contribution in [2.75, 3.05) is 0 Å². The predicted molar refractivity (Wildman–Crippen MR) is 83.5 cm³/mol. The Morgan fingerprint density at radius 1 is 0.950 bits per heavy atom. The van der Waals surface area contributed by atoms with Crippen molar-refractivity contribution >= 4 is 40.7 Å². The summed E-state index contributed by atoms with van der Waals surface area (Å²) in [5.41, 5.74) is 1.75. The maximum absolute atomic E-state index is 11.8. The minimum atomic E-state index is -0.0710. The molecule has 0 fully saturated rings. The summed E-state index contributed by atoms with van der Waals surface area (Å²) in [6.45, 7) is 0.377. The molecule has 2 rings (SSSR count). The molecule has 1 N–H and O–H groups in total. The normalized spacial score (nSPS) is 10.3. The molecular weight excluding hydrogens is 317 g/mol. The summed E-state index contributed by atoms with van der Waals surface area (Å²) in [5.74, 6) is -0.0710. The van der Waals surface area contributed by atoms with Crippen molar-refractivity contribution in [2.45, 2.75) is 13.0 Å². The van der Waals surface area contributed by atoms with Crippen molar-refractivity contribution < 1.29 is 4.79 Å². The molecular formula is C15H12Cl3NO. The standard InChI is InChI=1S/C15H12Cl3NO/c16-12-4-1-10(2-5-12)7-15(20)19-9-11-3-6-13(17)8-14(11)18/h1-6,8H,7,9H2,(H,19,20). The Kier molecular flexibility index (Phi) is 5.30. The summed E-state index contributed by atoms with van der Waals surface area (Å²) >= 11 is 17.7. The van der Waals surface area contributed by atoms with Crippen LogP contribution in [0.25, 0.3) is 0 Å². The monoisotopic (exact) mass is 327 g/mol. The lowest BCUT2D eigenvalue weighted by atomic mass is 10.1. The van der Waals surface area contributed by atoms with Gasteiger partial charge in [-0.2, -0.15) is 0 Å². The number of carbonyl (C=O) groups is 1. The summed E-state index contributed by atoms with van der Waals surface area (Å²) < 4.78 is 0. The van der Waals surface area contributed by atoms with Crippen LogP contribution in [0.4, 0.5) is 0 Å². The van der Waals surface area contributed by atoms with Crippen molar-refractivity contribution in [3.63, 3.8) is 0 Å². The van der Waals surface area contributed by atoms with Gasteiger partial charge in [0.2, 0.25) is 5.91 Å².